The summed E-state index contributed by atoms with van der Waals surface area (Å²) >= 11 is 0. The molecule has 4 rings (SSSR count). The summed E-state index contributed by atoms with van der Waals surface area (Å²) < 4.78 is 0. The van der Waals surface area contributed by atoms with Gasteiger partial charge >= 0.3 is 0 Å². The summed E-state index contributed by atoms with van der Waals surface area (Å²) in [5.41, 5.74) is 3.85. The summed E-state index contributed by atoms with van der Waals surface area (Å²) in [5, 5.41) is 3.58. The average Bonchev–Trinajstić information content (AvgIpc) is 3.26. The quantitative estimate of drug-likeness (QED) is 0.520. The van der Waals surface area contributed by atoms with E-state index in [-0.39, 0.29) is 5.91 Å². The van der Waals surface area contributed by atoms with Crippen molar-refractivity contribution in [2.24, 2.45) is 4.99 Å². The van der Waals surface area contributed by atoms with Crippen molar-refractivity contribution < 1.29 is 4.79 Å². The van der Waals surface area contributed by atoms with E-state index in [0.717, 1.165) is 51.5 Å². The third kappa shape index (κ3) is 5.74. The van der Waals surface area contributed by atoms with Crippen molar-refractivity contribution in [1.82, 2.24) is 20.0 Å². The summed E-state index contributed by atoms with van der Waals surface area (Å²) in [6.07, 6.45) is 2.77. The van der Waals surface area contributed by atoms with Crippen LogP contribution in [0.2, 0.25) is 0 Å². The summed E-state index contributed by atoms with van der Waals surface area (Å²) in [6, 6.07) is 19.7. The zero-order chi connectivity index (χ0) is 23.0. The molecule has 2 aromatic rings. The molecule has 2 aliphatic heterocycles. The normalized spacial score (nSPS) is 18.6. The topological polar surface area (TPSA) is 51.2 Å². The number of carbonyl (C=O) groups excluding carboxylic acids is 1. The highest BCUT2D eigenvalue weighted by Crippen LogP contribution is 2.25. The Morgan fingerprint density at radius 2 is 1.67 bits per heavy atom. The number of piperazine rings is 1. The van der Waals surface area contributed by atoms with Gasteiger partial charge in [-0.3, -0.25) is 14.7 Å². The highest BCUT2D eigenvalue weighted by Gasteiger charge is 2.25. The van der Waals surface area contributed by atoms with E-state index >= 15 is 0 Å². The van der Waals surface area contributed by atoms with Crippen molar-refractivity contribution in [3.05, 3.63) is 71.3 Å². The molecule has 1 amide bonds. The van der Waals surface area contributed by atoms with Crippen molar-refractivity contribution in [2.75, 3.05) is 39.8 Å². The Kier molecular flexibility index (Phi) is 8.00. The Morgan fingerprint density at radius 1 is 0.970 bits per heavy atom. The third-order valence-corrected chi connectivity index (χ3v) is 6.93. The van der Waals surface area contributed by atoms with Gasteiger partial charge in [-0.05, 0) is 29.5 Å². The number of carbonyl (C=O) groups is 1. The van der Waals surface area contributed by atoms with Crippen molar-refractivity contribution in [3.63, 3.8) is 0 Å². The molecule has 2 fully saturated rings. The molecule has 2 aliphatic rings. The second-order valence-electron chi connectivity index (χ2n) is 8.95. The van der Waals surface area contributed by atoms with E-state index < -0.39 is 0 Å². The summed E-state index contributed by atoms with van der Waals surface area (Å²) in [6.45, 7) is 8.55. The van der Waals surface area contributed by atoms with Crippen molar-refractivity contribution >= 4 is 11.9 Å². The third-order valence-electron chi connectivity index (χ3n) is 6.93. The van der Waals surface area contributed by atoms with Gasteiger partial charge in [-0.25, -0.2) is 0 Å². The van der Waals surface area contributed by atoms with Gasteiger partial charge in [0.15, 0.2) is 5.96 Å². The van der Waals surface area contributed by atoms with Crippen LogP contribution in [0.3, 0.4) is 0 Å². The molecule has 0 spiro atoms. The Labute approximate surface area is 198 Å². The van der Waals surface area contributed by atoms with E-state index in [9.17, 15) is 4.79 Å². The van der Waals surface area contributed by atoms with Crippen LogP contribution >= 0.6 is 0 Å². The molecule has 33 heavy (non-hydrogen) atoms. The number of likely N-dealkylation sites (tertiary alicyclic amines) is 1. The molecular formula is C27H37N5O. The lowest BCUT2D eigenvalue weighted by Gasteiger charge is -2.40. The summed E-state index contributed by atoms with van der Waals surface area (Å²) in [7, 11) is 1.86. The summed E-state index contributed by atoms with van der Waals surface area (Å²) in [4.78, 5) is 23.6. The van der Waals surface area contributed by atoms with Crippen LogP contribution in [0.1, 0.15) is 48.9 Å². The van der Waals surface area contributed by atoms with Gasteiger partial charge in [0.05, 0.1) is 0 Å². The highest BCUT2D eigenvalue weighted by molar-refractivity contribution is 5.80. The van der Waals surface area contributed by atoms with E-state index in [1.807, 2.05) is 11.9 Å². The molecule has 1 N–H and O–H groups in total. The first-order valence-corrected chi connectivity index (χ1v) is 12.3. The maximum Gasteiger partial charge on any atom is 0.222 e. The predicted molar refractivity (Wildman–Crippen MR) is 134 cm³/mol. The van der Waals surface area contributed by atoms with Crippen LogP contribution in [0, 0.1) is 0 Å². The van der Waals surface area contributed by atoms with Crippen molar-refractivity contribution in [2.45, 2.75) is 45.3 Å². The molecule has 0 radical (unpaired) electrons. The van der Waals surface area contributed by atoms with Crippen molar-refractivity contribution in [3.8, 4) is 0 Å². The minimum absolute atomic E-state index is 0.271. The van der Waals surface area contributed by atoms with Gasteiger partial charge in [-0.1, -0.05) is 61.5 Å². The van der Waals surface area contributed by atoms with Crippen LogP contribution in [-0.4, -0.2) is 66.3 Å². The van der Waals surface area contributed by atoms with E-state index in [1.54, 1.807) is 0 Å². The van der Waals surface area contributed by atoms with E-state index in [1.165, 1.54) is 16.7 Å². The number of hydrogen-bond donors (Lipinski definition) is 1. The fourth-order valence-corrected chi connectivity index (χ4v) is 5.09. The highest BCUT2D eigenvalue weighted by atomic mass is 16.2. The molecule has 2 saturated heterocycles. The second kappa shape index (κ2) is 11.3. The number of rotatable bonds is 7. The van der Waals surface area contributed by atoms with Gasteiger partial charge in [0, 0.05) is 65.3 Å². The van der Waals surface area contributed by atoms with Crippen LogP contribution in [0.15, 0.2) is 59.6 Å². The lowest BCUT2D eigenvalue weighted by Crippen LogP contribution is -2.53. The largest absolute Gasteiger partial charge is 0.352 e. The maximum absolute atomic E-state index is 12.1. The molecule has 2 heterocycles. The first-order chi connectivity index (χ1) is 16.2. The first kappa shape index (κ1) is 23.3. The SMILES string of the molecule is CCC(c1ccccc1)N1CCN(C(=NC)NCc2ccccc2CN2CCCC2=O)CC1. The molecule has 1 unspecified atom stereocenters. The molecular weight excluding hydrogens is 410 g/mol. The number of nitrogens with zero attached hydrogens (tertiary/aromatic N) is 4. The minimum Gasteiger partial charge on any atom is -0.352 e. The van der Waals surface area contributed by atoms with Crippen LogP contribution < -0.4 is 5.32 Å². The van der Waals surface area contributed by atoms with E-state index in [0.29, 0.717) is 25.6 Å². The lowest BCUT2D eigenvalue weighted by molar-refractivity contribution is -0.128. The molecule has 6 nitrogen and oxygen atoms in total. The minimum atomic E-state index is 0.271. The van der Waals surface area contributed by atoms with Gasteiger partial charge in [0.25, 0.3) is 0 Å². The second-order valence-corrected chi connectivity index (χ2v) is 8.95. The lowest BCUT2D eigenvalue weighted by atomic mass is 10.0. The van der Waals surface area contributed by atoms with Crippen LogP contribution in [-0.2, 0) is 17.9 Å². The molecule has 0 aliphatic carbocycles. The van der Waals surface area contributed by atoms with Crippen molar-refractivity contribution in [1.29, 1.82) is 0 Å². The zero-order valence-corrected chi connectivity index (χ0v) is 20.0. The number of nitrogens with one attached hydrogen (secondary N) is 1. The van der Waals surface area contributed by atoms with Gasteiger partial charge < -0.3 is 15.1 Å². The zero-order valence-electron chi connectivity index (χ0n) is 20.0. The van der Waals surface area contributed by atoms with Crippen LogP contribution in [0.4, 0.5) is 0 Å². The number of amides is 1. The van der Waals surface area contributed by atoms with Gasteiger partial charge in [0.2, 0.25) is 5.91 Å². The molecule has 0 bridgehead atoms. The molecule has 2 aromatic carbocycles. The Balaban J connectivity index is 1.33. The van der Waals surface area contributed by atoms with Crippen LogP contribution in [0.25, 0.3) is 0 Å². The fraction of sp³-hybridized carbons (Fsp3) is 0.481. The van der Waals surface area contributed by atoms with E-state index in [2.05, 4.69) is 81.6 Å². The fourth-order valence-electron chi connectivity index (χ4n) is 5.09. The number of benzene rings is 2. The molecule has 0 saturated carbocycles. The summed E-state index contributed by atoms with van der Waals surface area (Å²) in [5.74, 6) is 1.22. The van der Waals surface area contributed by atoms with Gasteiger partial charge in [0.1, 0.15) is 0 Å². The predicted octanol–water partition coefficient (Wildman–Crippen LogP) is 3.65. The number of guanidine groups is 1. The van der Waals surface area contributed by atoms with Gasteiger partial charge in [-0.2, -0.15) is 0 Å². The molecule has 6 heteroatoms. The number of hydrogen-bond acceptors (Lipinski definition) is 3. The van der Waals surface area contributed by atoms with Crippen LogP contribution in [0.5, 0.6) is 0 Å². The smallest absolute Gasteiger partial charge is 0.222 e. The molecule has 176 valence electrons. The Morgan fingerprint density at radius 3 is 2.30 bits per heavy atom. The standard InChI is InChI=1S/C27H37N5O/c1-3-25(22-10-5-4-6-11-22)30-16-18-31(19-17-30)27(28-2)29-20-23-12-7-8-13-24(23)21-32-15-9-14-26(32)33/h4-8,10-13,25H,3,9,14-21H2,1-2H3,(H,28,29). The Hall–Kier alpha value is -2.86. The molecule has 0 aromatic heterocycles. The monoisotopic (exact) mass is 447 g/mol. The molecule has 1 atom stereocenters. The number of aliphatic imine (C=N–C) groups is 1. The average molecular weight is 448 g/mol. The van der Waals surface area contributed by atoms with Gasteiger partial charge in [-0.15, -0.1) is 0 Å². The Bertz CT molecular complexity index is 937. The van der Waals surface area contributed by atoms with E-state index in [4.69, 9.17) is 0 Å². The first-order valence-electron chi connectivity index (χ1n) is 12.3. The maximum atomic E-state index is 12.1.